The maximum atomic E-state index is 8.59. The summed E-state index contributed by atoms with van der Waals surface area (Å²) in [6, 6.07) is 0. The van der Waals surface area contributed by atoms with Crippen molar-refractivity contribution in [3.63, 3.8) is 0 Å². The van der Waals surface area contributed by atoms with Crippen LogP contribution in [-0.2, 0) is 9.47 Å². The van der Waals surface area contributed by atoms with Gasteiger partial charge < -0.3 is 14.6 Å². The summed E-state index contributed by atoms with van der Waals surface area (Å²) in [5.74, 6) is 0. The fourth-order valence-corrected chi connectivity index (χ4v) is 5.08. The van der Waals surface area contributed by atoms with E-state index in [9.17, 15) is 0 Å². The molecule has 1 heterocycles. The van der Waals surface area contributed by atoms with E-state index >= 15 is 0 Å². The van der Waals surface area contributed by atoms with E-state index < -0.39 is 0 Å². The van der Waals surface area contributed by atoms with Crippen LogP contribution >= 0.6 is 31.9 Å². The zero-order valence-corrected chi connectivity index (χ0v) is 25.6. The van der Waals surface area contributed by atoms with Crippen molar-refractivity contribution < 1.29 is 14.6 Å². The van der Waals surface area contributed by atoms with Crippen molar-refractivity contribution in [3.05, 3.63) is 0 Å². The largest absolute Gasteiger partial charge is 0.396 e. The number of aliphatic hydroxyl groups is 1. The quantitative estimate of drug-likeness (QED) is 0.0869. The predicted molar refractivity (Wildman–Crippen MR) is 157 cm³/mol. The summed E-state index contributed by atoms with van der Waals surface area (Å²) >= 11 is 6.93. The lowest BCUT2D eigenvalue weighted by molar-refractivity contribution is -0.162. The van der Waals surface area contributed by atoms with Gasteiger partial charge in [0.2, 0.25) is 0 Å². The van der Waals surface area contributed by atoms with Gasteiger partial charge in [0.15, 0.2) is 6.29 Å². The number of hydrogen-bond donors (Lipinski definition) is 1. The molecule has 1 saturated heterocycles. The summed E-state index contributed by atoms with van der Waals surface area (Å²) in [6.45, 7) is 2.14. The molecule has 1 unspecified atom stereocenters. The first-order chi connectivity index (χ1) is 16.8. The number of ether oxygens (including phenoxy) is 2. The van der Waals surface area contributed by atoms with E-state index in [2.05, 4.69) is 31.9 Å². The Morgan fingerprint density at radius 3 is 1.35 bits per heavy atom. The average molecular weight is 615 g/mol. The minimum Gasteiger partial charge on any atom is -0.396 e. The molecule has 1 aliphatic heterocycles. The van der Waals surface area contributed by atoms with Crippen LogP contribution in [-0.4, -0.2) is 41.9 Å². The van der Waals surface area contributed by atoms with E-state index in [0.29, 0.717) is 6.61 Å². The summed E-state index contributed by atoms with van der Waals surface area (Å²) in [5.41, 5.74) is 0. The summed E-state index contributed by atoms with van der Waals surface area (Å²) in [4.78, 5) is 0. The molecule has 0 aliphatic carbocycles. The van der Waals surface area contributed by atoms with Crippen molar-refractivity contribution in [1.29, 1.82) is 0 Å². The van der Waals surface area contributed by atoms with E-state index in [4.69, 9.17) is 14.6 Å². The Kier molecular flexibility index (Phi) is 32.7. The molecule has 0 aromatic carbocycles. The third-order valence-corrected chi connectivity index (χ3v) is 7.63. The molecule has 0 aromatic heterocycles. The second-order valence-electron chi connectivity index (χ2n) is 9.84. The van der Waals surface area contributed by atoms with Gasteiger partial charge in [-0.05, 0) is 44.9 Å². The molecule has 1 fully saturated rings. The molecule has 34 heavy (non-hydrogen) atoms. The smallest absolute Gasteiger partial charge is 0.157 e. The maximum Gasteiger partial charge on any atom is 0.157 e. The maximum absolute atomic E-state index is 8.59. The molecular weight excluding hydrogens is 556 g/mol. The molecule has 0 spiro atoms. The van der Waals surface area contributed by atoms with Crippen LogP contribution in [0.4, 0.5) is 0 Å². The highest BCUT2D eigenvalue weighted by Gasteiger charge is 2.13. The minimum atomic E-state index is 0.100. The fourth-order valence-electron chi connectivity index (χ4n) is 4.29. The zero-order chi connectivity index (χ0) is 24.8. The van der Waals surface area contributed by atoms with Gasteiger partial charge in [0.05, 0.1) is 0 Å². The highest BCUT2D eigenvalue weighted by atomic mass is 79.9. The van der Waals surface area contributed by atoms with Crippen molar-refractivity contribution >= 4 is 31.9 Å². The lowest BCUT2D eigenvalue weighted by Crippen LogP contribution is -2.22. The average Bonchev–Trinajstić information content (AvgIpc) is 2.87. The van der Waals surface area contributed by atoms with Gasteiger partial charge in [-0.25, -0.2) is 0 Å². The molecule has 3 nitrogen and oxygen atoms in total. The molecule has 206 valence electrons. The highest BCUT2D eigenvalue weighted by molar-refractivity contribution is 9.09. The molecule has 0 amide bonds. The van der Waals surface area contributed by atoms with E-state index in [-0.39, 0.29) is 6.29 Å². The third kappa shape index (κ3) is 29.1. The minimum absolute atomic E-state index is 0.100. The number of halogens is 2. The van der Waals surface area contributed by atoms with E-state index in [1.54, 1.807) is 0 Å². The Balaban J connectivity index is 0.000000686. The van der Waals surface area contributed by atoms with Gasteiger partial charge >= 0.3 is 0 Å². The lowest BCUT2D eigenvalue weighted by Gasteiger charge is -2.22. The first-order valence-electron chi connectivity index (χ1n) is 14.8. The van der Waals surface area contributed by atoms with Crippen LogP contribution < -0.4 is 0 Å². The summed E-state index contributed by atoms with van der Waals surface area (Å²) in [6.07, 6.45) is 30.6. The van der Waals surface area contributed by atoms with Crippen LogP contribution in [0.25, 0.3) is 0 Å². The van der Waals surface area contributed by atoms with Gasteiger partial charge in [0.1, 0.15) is 0 Å². The van der Waals surface area contributed by atoms with Gasteiger partial charge in [-0.15, -0.1) is 0 Å². The number of alkyl halides is 2. The first-order valence-corrected chi connectivity index (χ1v) is 17.1. The number of aliphatic hydroxyl groups excluding tert-OH is 1. The number of unbranched alkanes of at least 4 members (excludes halogenated alkanes) is 18. The summed E-state index contributed by atoms with van der Waals surface area (Å²) < 4.78 is 11.3. The Morgan fingerprint density at radius 1 is 0.559 bits per heavy atom. The van der Waals surface area contributed by atoms with Crippen molar-refractivity contribution in [2.45, 2.75) is 154 Å². The standard InChI is InChI=1S/C17H33BrO2.C12H25BrO/c18-14-10-7-5-3-1-2-4-6-8-11-15-19-17-13-9-12-16-20-17;13-11-9-7-5-3-1-2-4-6-8-10-12-14/h17H,1-16H2;14H,1-12H2. The van der Waals surface area contributed by atoms with E-state index in [1.807, 2.05) is 0 Å². The number of rotatable bonds is 24. The van der Waals surface area contributed by atoms with Crippen LogP contribution in [0.3, 0.4) is 0 Å². The molecule has 0 radical (unpaired) electrons. The van der Waals surface area contributed by atoms with Crippen LogP contribution in [0.15, 0.2) is 0 Å². The SMILES string of the molecule is BrCCCCCCCCCCCCOC1CCCCO1.OCCCCCCCCCCCCBr. The van der Waals surface area contributed by atoms with Crippen LogP contribution in [0.1, 0.15) is 148 Å². The molecule has 1 rings (SSSR count). The first kappa shape index (κ1) is 34.8. The second-order valence-corrected chi connectivity index (χ2v) is 11.4. The van der Waals surface area contributed by atoms with Gasteiger partial charge in [0, 0.05) is 30.5 Å². The molecule has 1 atom stereocenters. The van der Waals surface area contributed by atoms with Gasteiger partial charge in [0.25, 0.3) is 0 Å². The molecule has 0 bridgehead atoms. The Labute approximate surface area is 230 Å². The topological polar surface area (TPSA) is 38.7 Å². The van der Waals surface area contributed by atoms with E-state index in [0.717, 1.165) is 31.4 Å². The molecule has 0 aromatic rings. The Bertz CT molecular complexity index is 340. The predicted octanol–water partition coefficient (Wildman–Crippen LogP) is 10.1. The normalized spacial score (nSPS) is 15.8. The number of hydrogen-bond acceptors (Lipinski definition) is 3. The zero-order valence-electron chi connectivity index (χ0n) is 22.4. The van der Waals surface area contributed by atoms with Gasteiger partial charge in [-0.2, -0.15) is 0 Å². The Morgan fingerprint density at radius 2 is 0.971 bits per heavy atom. The monoisotopic (exact) mass is 612 g/mol. The molecule has 0 saturated carbocycles. The molecule has 1 N–H and O–H groups in total. The molecule has 1 aliphatic rings. The highest BCUT2D eigenvalue weighted by Crippen LogP contribution is 2.15. The van der Waals surface area contributed by atoms with Crippen LogP contribution in [0.2, 0.25) is 0 Å². The second kappa shape index (κ2) is 31.9. The fraction of sp³-hybridized carbons (Fsp3) is 1.00. The van der Waals surface area contributed by atoms with Crippen molar-refractivity contribution in [2.75, 3.05) is 30.5 Å². The van der Waals surface area contributed by atoms with Gasteiger partial charge in [-0.3, -0.25) is 0 Å². The Hall–Kier alpha value is 0.840. The van der Waals surface area contributed by atoms with Crippen molar-refractivity contribution in [3.8, 4) is 0 Å². The van der Waals surface area contributed by atoms with Crippen molar-refractivity contribution in [1.82, 2.24) is 0 Å². The third-order valence-electron chi connectivity index (χ3n) is 6.51. The van der Waals surface area contributed by atoms with Crippen molar-refractivity contribution in [2.24, 2.45) is 0 Å². The molecule has 5 heteroatoms. The van der Waals surface area contributed by atoms with Crippen LogP contribution in [0, 0.1) is 0 Å². The summed E-state index contributed by atoms with van der Waals surface area (Å²) in [5, 5.41) is 10.9. The summed E-state index contributed by atoms with van der Waals surface area (Å²) in [7, 11) is 0. The molecular formula is C29H58Br2O3. The van der Waals surface area contributed by atoms with Gasteiger partial charge in [-0.1, -0.05) is 135 Å². The van der Waals surface area contributed by atoms with Crippen LogP contribution in [0.5, 0.6) is 0 Å². The van der Waals surface area contributed by atoms with E-state index in [1.165, 1.54) is 140 Å². The lowest BCUT2D eigenvalue weighted by atomic mass is 10.1.